The number of halogens is 2. The molecule has 2 N–H and O–H groups in total. The van der Waals surface area contributed by atoms with E-state index >= 15 is 0 Å². The van der Waals surface area contributed by atoms with Gasteiger partial charge in [0.25, 0.3) is 11.8 Å². The van der Waals surface area contributed by atoms with Crippen molar-refractivity contribution in [2.45, 2.75) is 0 Å². The van der Waals surface area contributed by atoms with Crippen LogP contribution >= 0.6 is 23.2 Å². The highest BCUT2D eigenvalue weighted by atomic mass is 35.5. The normalized spacial score (nSPS) is 10.4. The summed E-state index contributed by atoms with van der Waals surface area (Å²) < 4.78 is 1.36. The molecule has 0 unspecified atom stereocenters. The first kappa shape index (κ1) is 17.8. The van der Waals surface area contributed by atoms with Gasteiger partial charge in [0.05, 0.1) is 16.9 Å². The van der Waals surface area contributed by atoms with E-state index in [4.69, 9.17) is 23.2 Å². The number of aryl methyl sites for hydroxylation is 1. The smallest absolute Gasteiger partial charge is 0.277 e. The number of nitrogens with zero attached hydrogens (tertiary/aromatic N) is 4. The lowest BCUT2D eigenvalue weighted by Crippen LogP contribution is -2.20. The predicted octanol–water partition coefficient (Wildman–Crippen LogP) is 3.02. The van der Waals surface area contributed by atoms with Crippen molar-refractivity contribution < 1.29 is 9.59 Å². The Kier molecular flexibility index (Phi) is 5.15. The van der Waals surface area contributed by atoms with Crippen LogP contribution in [0, 0.1) is 0 Å². The molecule has 8 nitrogen and oxygen atoms in total. The van der Waals surface area contributed by atoms with Gasteiger partial charge in [0.15, 0.2) is 16.0 Å². The largest absolute Gasteiger partial charge is 0.319 e. The summed E-state index contributed by atoms with van der Waals surface area (Å²) in [4.78, 5) is 32.8. The van der Waals surface area contributed by atoms with Gasteiger partial charge >= 0.3 is 0 Å². The van der Waals surface area contributed by atoms with Gasteiger partial charge in [0, 0.05) is 25.6 Å². The second kappa shape index (κ2) is 7.51. The van der Waals surface area contributed by atoms with Crippen LogP contribution in [-0.2, 0) is 7.05 Å². The quantitative estimate of drug-likeness (QED) is 0.666. The summed E-state index contributed by atoms with van der Waals surface area (Å²) >= 11 is 11.9. The fourth-order valence-electron chi connectivity index (χ4n) is 2.15. The minimum atomic E-state index is -0.595. The van der Waals surface area contributed by atoms with Crippen LogP contribution in [0.15, 0.2) is 42.9 Å². The number of carbonyl (C=O) groups is 2. The van der Waals surface area contributed by atoms with E-state index in [9.17, 15) is 9.59 Å². The molecular weight excluding hydrogens is 379 g/mol. The van der Waals surface area contributed by atoms with Gasteiger partial charge in [-0.15, -0.1) is 0 Å². The average molecular weight is 391 g/mol. The van der Waals surface area contributed by atoms with Crippen LogP contribution in [0.25, 0.3) is 0 Å². The van der Waals surface area contributed by atoms with Crippen LogP contribution in [0.3, 0.4) is 0 Å². The standard InChI is InChI=1S/C16H12Cl2N6O2/c1-24-8-9(15(25)21-10-4-2-6-19-13(10)17)12(23-24)16(26)22-11-5-3-7-20-14(11)18/h2-8H,1H3,(H,21,25)(H,22,26). The van der Waals surface area contributed by atoms with Crippen molar-refractivity contribution in [2.75, 3.05) is 10.6 Å². The van der Waals surface area contributed by atoms with E-state index in [2.05, 4.69) is 25.7 Å². The molecule has 0 aliphatic rings. The molecular formula is C16H12Cl2N6O2. The topological polar surface area (TPSA) is 102 Å². The van der Waals surface area contributed by atoms with Crippen molar-refractivity contribution >= 4 is 46.4 Å². The Morgan fingerprint density at radius 2 is 1.50 bits per heavy atom. The Labute approximate surface area is 158 Å². The molecule has 2 amide bonds. The molecule has 0 saturated carbocycles. The van der Waals surface area contributed by atoms with Crippen molar-refractivity contribution in [3.05, 3.63) is 64.4 Å². The lowest BCUT2D eigenvalue weighted by atomic mass is 10.2. The number of nitrogens with one attached hydrogen (secondary N) is 2. The number of carbonyl (C=O) groups excluding carboxylic acids is 2. The average Bonchev–Trinajstić information content (AvgIpc) is 3.01. The zero-order chi connectivity index (χ0) is 18.7. The van der Waals surface area contributed by atoms with Gasteiger partial charge in [0.2, 0.25) is 0 Å². The van der Waals surface area contributed by atoms with Gasteiger partial charge in [0.1, 0.15) is 0 Å². The van der Waals surface area contributed by atoms with Crippen LogP contribution in [0.2, 0.25) is 10.3 Å². The fourth-order valence-corrected chi connectivity index (χ4v) is 2.49. The summed E-state index contributed by atoms with van der Waals surface area (Å²) in [5, 5.41) is 9.51. The van der Waals surface area contributed by atoms with E-state index in [1.54, 1.807) is 31.3 Å². The molecule has 10 heteroatoms. The molecule has 0 bridgehead atoms. The van der Waals surface area contributed by atoms with Crippen LogP contribution in [0.4, 0.5) is 11.4 Å². The third-order valence-electron chi connectivity index (χ3n) is 3.30. The van der Waals surface area contributed by atoms with Gasteiger partial charge in [-0.3, -0.25) is 14.3 Å². The highest BCUT2D eigenvalue weighted by molar-refractivity contribution is 6.33. The highest BCUT2D eigenvalue weighted by Crippen LogP contribution is 2.21. The molecule has 3 aromatic heterocycles. The Morgan fingerprint density at radius 3 is 2.04 bits per heavy atom. The second-order valence-electron chi connectivity index (χ2n) is 5.16. The number of aromatic nitrogens is 4. The summed E-state index contributed by atoms with van der Waals surface area (Å²) in [5.74, 6) is -1.14. The first-order chi connectivity index (χ1) is 12.5. The highest BCUT2D eigenvalue weighted by Gasteiger charge is 2.23. The number of hydrogen-bond acceptors (Lipinski definition) is 5. The number of pyridine rings is 2. The number of hydrogen-bond donors (Lipinski definition) is 2. The van der Waals surface area contributed by atoms with E-state index in [1.807, 2.05) is 0 Å². The Balaban J connectivity index is 1.86. The van der Waals surface area contributed by atoms with Crippen molar-refractivity contribution in [2.24, 2.45) is 7.05 Å². The molecule has 0 saturated heterocycles. The van der Waals surface area contributed by atoms with Crippen LogP contribution in [0.5, 0.6) is 0 Å². The first-order valence-corrected chi connectivity index (χ1v) is 8.08. The summed E-state index contributed by atoms with van der Waals surface area (Å²) in [6.07, 6.45) is 4.42. The molecule has 0 aliphatic heterocycles. The molecule has 0 radical (unpaired) electrons. The Morgan fingerprint density at radius 1 is 0.962 bits per heavy atom. The van der Waals surface area contributed by atoms with E-state index in [-0.39, 0.29) is 21.6 Å². The minimum Gasteiger partial charge on any atom is -0.319 e. The predicted molar refractivity (Wildman–Crippen MR) is 97.6 cm³/mol. The number of anilines is 2. The van der Waals surface area contributed by atoms with Gasteiger partial charge in [-0.05, 0) is 24.3 Å². The Bertz CT molecular complexity index is 911. The molecule has 3 rings (SSSR count). The Hall–Kier alpha value is -2.97. The molecule has 0 aliphatic carbocycles. The fraction of sp³-hybridized carbons (Fsp3) is 0.0625. The molecule has 0 fully saturated rings. The lowest BCUT2D eigenvalue weighted by Gasteiger charge is -2.07. The molecule has 0 spiro atoms. The van der Waals surface area contributed by atoms with Gasteiger partial charge in [-0.2, -0.15) is 5.10 Å². The third kappa shape index (κ3) is 3.81. The monoisotopic (exact) mass is 390 g/mol. The van der Waals surface area contributed by atoms with Crippen molar-refractivity contribution in [1.29, 1.82) is 0 Å². The molecule has 0 aromatic carbocycles. The summed E-state index contributed by atoms with van der Waals surface area (Å²) in [7, 11) is 1.60. The lowest BCUT2D eigenvalue weighted by molar-refractivity contribution is 0.0988. The molecule has 26 heavy (non-hydrogen) atoms. The number of rotatable bonds is 4. The summed E-state index contributed by atoms with van der Waals surface area (Å²) in [6, 6.07) is 6.44. The van der Waals surface area contributed by atoms with Gasteiger partial charge < -0.3 is 10.6 Å². The van der Waals surface area contributed by atoms with E-state index in [1.165, 1.54) is 23.3 Å². The van der Waals surface area contributed by atoms with E-state index < -0.39 is 11.8 Å². The second-order valence-corrected chi connectivity index (χ2v) is 5.87. The molecule has 132 valence electrons. The third-order valence-corrected chi connectivity index (χ3v) is 3.91. The van der Waals surface area contributed by atoms with Gasteiger partial charge in [-0.1, -0.05) is 23.2 Å². The molecule has 3 aromatic rings. The zero-order valence-corrected chi connectivity index (χ0v) is 14.9. The molecule has 3 heterocycles. The zero-order valence-electron chi connectivity index (χ0n) is 13.4. The summed E-state index contributed by atoms with van der Waals surface area (Å²) in [6.45, 7) is 0. The van der Waals surface area contributed by atoms with Gasteiger partial charge in [-0.25, -0.2) is 9.97 Å². The van der Waals surface area contributed by atoms with Crippen molar-refractivity contribution in [3.63, 3.8) is 0 Å². The van der Waals surface area contributed by atoms with Crippen molar-refractivity contribution in [3.8, 4) is 0 Å². The summed E-state index contributed by atoms with van der Waals surface area (Å²) in [5.41, 5.74) is 0.644. The number of amides is 2. The van der Waals surface area contributed by atoms with E-state index in [0.717, 1.165) is 0 Å². The van der Waals surface area contributed by atoms with Crippen LogP contribution in [0.1, 0.15) is 20.8 Å². The van der Waals surface area contributed by atoms with Crippen LogP contribution < -0.4 is 10.6 Å². The van der Waals surface area contributed by atoms with Crippen molar-refractivity contribution in [1.82, 2.24) is 19.7 Å². The maximum atomic E-state index is 12.6. The SMILES string of the molecule is Cn1cc(C(=O)Nc2cccnc2Cl)c(C(=O)Nc2cccnc2Cl)n1. The maximum Gasteiger partial charge on any atom is 0.277 e. The van der Waals surface area contributed by atoms with E-state index in [0.29, 0.717) is 11.4 Å². The van der Waals surface area contributed by atoms with Crippen LogP contribution in [-0.4, -0.2) is 31.6 Å². The first-order valence-electron chi connectivity index (χ1n) is 7.33. The molecule has 0 atom stereocenters. The maximum absolute atomic E-state index is 12.6. The minimum absolute atomic E-state index is 0.0649.